The second kappa shape index (κ2) is 12.8. The van der Waals surface area contributed by atoms with E-state index in [-0.39, 0.29) is 60.7 Å². The molecule has 0 saturated heterocycles. The monoisotopic (exact) mass is 642 g/mol. The minimum atomic E-state index is -4.71. The van der Waals surface area contributed by atoms with Crippen LogP contribution < -0.4 is 26.4 Å². The van der Waals surface area contributed by atoms with Crippen LogP contribution in [0.4, 0.5) is 38.0 Å². The zero-order valence-electron chi connectivity index (χ0n) is 25.2. The highest BCUT2D eigenvalue weighted by Gasteiger charge is 2.41. The number of carbonyl (C=O) groups is 2. The highest BCUT2D eigenvalue weighted by atomic mass is 19.4. The van der Waals surface area contributed by atoms with E-state index >= 15 is 0 Å². The van der Waals surface area contributed by atoms with Gasteiger partial charge in [0, 0.05) is 18.7 Å². The molecule has 0 bridgehead atoms. The van der Waals surface area contributed by atoms with Crippen LogP contribution in [0.5, 0.6) is 5.75 Å². The van der Waals surface area contributed by atoms with Crippen molar-refractivity contribution in [3.63, 3.8) is 0 Å². The van der Waals surface area contributed by atoms with Crippen molar-refractivity contribution in [3.8, 4) is 5.75 Å². The molecule has 1 aliphatic carbocycles. The third-order valence-electron chi connectivity index (χ3n) is 7.90. The second-order valence-corrected chi connectivity index (χ2v) is 12.3. The molecule has 6 N–H and O–H groups in total. The van der Waals surface area contributed by atoms with E-state index in [9.17, 15) is 35.9 Å². The number of H-pyrrole nitrogens is 1. The quantitative estimate of drug-likeness (QED) is 0.187. The van der Waals surface area contributed by atoms with E-state index < -0.39 is 53.1 Å². The molecule has 45 heavy (non-hydrogen) atoms. The van der Waals surface area contributed by atoms with Crippen molar-refractivity contribution in [2.75, 3.05) is 12.4 Å². The van der Waals surface area contributed by atoms with Gasteiger partial charge in [-0.3, -0.25) is 9.59 Å². The first-order valence-corrected chi connectivity index (χ1v) is 14.3. The number of amides is 2. The molecule has 15 heteroatoms. The average molecular weight is 643 g/mol. The van der Waals surface area contributed by atoms with Crippen LogP contribution >= 0.6 is 0 Å². The van der Waals surface area contributed by atoms with Gasteiger partial charge in [0.1, 0.15) is 5.75 Å². The lowest BCUT2D eigenvalue weighted by Crippen LogP contribution is -2.48. The minimum Gasteiger partial charge on any atom is -0.496 e. The standard InChI is InChI=1S/C30H36F6N6O3/c1-28(2,3)24(37)26(44)38-14-15-5-10-19(30(34,35)36)20(11-15)40-27-41-21-12-18(23(45-4)13-22(21)42-27)25(43)39-17-8-6-16(7-9-17)29(31,32)33/h5,10-13,16-17,24H,6-9,14,37H2,1-4H3,(H,38,44)(H,39,43)(H2,40,41,42). The number of fused-ring (bicyclic) bond motifs is 1. The summed E-state index contributed by atoms with van der Waals surface area (Å²) in [6.45, 7) is 5.31. The lowest BCUT2D eigenvalue weighted by molar-refractivity contribution is -0.182. The number of aromatic nitrogens is 2. The number of nitrogens with two attached hydrogens (primary N) is 1. The summed E-state index contributed by atoms with van der Waals surface area (Å²) in [5, 5.41) is 8.06. The Bertz CT molecular complexity index is 1540. The van der Waals surface area contributed by atoms with E-state index in [1.54, 1.807) is 20.8 Å². The Kier molecular flexibility index (Phi) is 9.61. The predicted molar refractivity (Wildman–Crippen MR) is 156 cm³/mol. The predicted octanol–water partition coefficient (Wildman–Crippen LogP) is 6.17. The Morgan fingerprint density at radius 1 is 1.04 bits per heavy atom. The van der Waals surface area contributed by atoms with Gasteiger partial charge in [0.15, 0.2) is 0 Å². The van der Waals surface area contributed by atoms with Gasteiger partial charge in [-0.05, 0) is 54.9 Å². The lowest BCUT2D eigenvalue weighted by atomic mass is 9.85. The SMILES string of the molecule is COc1cc2nc(Nc3cc(CNC(=O)C(N)C(C)(C)C)ccc3C(F)(F)F)[nH]c2cc1C(=O)NC1CCC(C(F)(F)F)CC1. The molecule has 1 heterocycles. The molecule has 1 atom stereocenters. The molecule has 0 spiro atoms. The van der Waals surface area contributed by atoms with Crippen molar-refractivity contribution in [2.45, 2.75) is 77.4 Å². The largest absolute Gasteiger partial charge is 0.496 e. The fraction of sp³-hybridized carbons (Fsp3) is 0.500. The molecule has 9 nitrogen and oxygen atoms in total. The molecule has 1 aliphatic rings. The van der Waals surface area contributed by atoms with Gasteiger partial charge in [-0.15, -0.1) is 0 Å². The Labute approximate surface area is 255 Å². The van der Waals surface area contributed by atoms with E-state index in [0.717, 1.165) is 6.07 Å². The number of nitrogens with one attached hydrogen (secondary N) is 4. The van der Waals surface area contributed by atoms with E-state index in [0.29, 0.717) is 11.1 Å². The number of anilines is 2. The number of ether oxygens (including phenoxy) is 1. The number of imidazole rings is 1. The molecule has 246 valence electrons. The molecule has 0 aliphatic heterocycles. The molecule has 1 unspecified atom stereocenters. The summed E-state index contributed by atoms with van der Waals surface area (Å²) in [5.41, 5.74) is 5.20. The van der Waals surface area contributed by atoms with Crippen molar-refractivity contribution in [1.82, 2.24) is 20.6 Å². The van der Waals surface area contributed by atoms with E-state index in [2.05, 4.69) is 25.9 Å². The number of methoxy groups -OCH3 is 1. The van der Waals surface area contributed by atoms with Gasteiger partial charge in [-0.1, -0.05) is 26.8 Å². The smallest absolute Gasteiger partial charge is 0.418 e. The molecule has 2 aromatic carbocycles. The average Bonchev–Trinajstić information content (AvgIpc) is 3.34. The van der Waals surface area contributed by atoms with Crippen LogP contribution in [0.15, 0.2) is 30.3 Å². The van der Waals surface area contributed by atoms with Crippen molar-refractivity contribution in [2.24, 2.45) is 17.1 Å². The van der Waals surface area contributed by atoms with E-state index in [1.165, 1.54) is 31.4 Å². The Morgan fingerprint density at radius 3 is 2.29 bits per heavy atom. The molecule has 0 radical (unpaired) electrons. The van der Waals surface area contributed by atoms with Crippen molar-refractivity contribution < 1.29 is 40.7 Å². The Balaban J connectivity index is 1.54. The number of benzene rings is 2. The summed E-state index contributed by atoms with van der Waals surface area (Å²) in [6.07, 6.45) is -8.80. The highest BCUT2D eigenvalue weighted by molar-refractivity contribution is 6.01. The number of nitrogens with zero attached hydrogens (tertiary/aromatic N) is 1. The summed E-state index contributed by atoms with van der Waals surface area (Å²) in [7, 11) is 1.33. The molecular weight excluding hydrogens is 606 g/mol. The minimum absolute atomic E-state index is 0.0588. The molecule has 1 fully saturated rings. The molecule has 4 rings (SSSR count). The van der Waals surface area contributed by atoms with Crippen LogP contribution in [0.2, 0.25) is 0 Å². The maximum Gasteiger partial charge on any atom is 0.418 e. The number of aromatic amines is 1. The topological polar surface area (TPSA) is 134 Å². The molecular formula is C30H36F6N6O3. The maximum absolute atomic E-state index is 13.9. The summed E-state index contributed by atoms with van der Waals surface area (Å²) < 4.78 is 86.0. The first kappa shape index (κ1) is 33.9. The van der Waals surface area contributed by atoms with Gasteiger partial charge in [-0.2, -0.15) is 26.3 Å². The number of rotatable bonds is 8. The third-order valence-corrected chi connectivity index (χ3v) is 7.90. The molecule has 2 amide bonds. The number of carbonyl (C=O) groups excluding carboxylic acids is 2. The molecule has 1 aromatic heterocycles. The lowest BCUT2D eigenvalue weighted by Gasteiger charge is -2.30. The number of alkyl halides is 6. The number of hydrogen-bond donors (Lipinski definition) is 5. The fourth-order valence-electron chi connectivity index (χ4n) is 5.14. The molecule has 1 saturated carbocycles. The van der Waals surface area contributed by atoms with Gasteiger partial charge >= 0.3 is 12.4 Å². The van der Waals surface area contributed by atoms with Crippen LogP contribution in [-0.2, 0) is 17.5 Å². The molecule has 3 aromatic rings. The Morgan fingerprint density at radius 2 is 1.71 bits per heavy atom. The summed E-state index contributed by atoms with van der Waals surface area (Å²) in [5.74, 6) is -2.33. The van der Waals surface area contributed by atoms with Crippen LogP contribution in [0.1, 0.15) is 67.9 Å². The van der Waals surface area contributed by atoms with Crippen LogP contribution in [0.25, 0.3) is 11.0 Å². The van der Waals surface area contributed by atoms with Crippen molar-refractivity contribution >= 4 is 34.5 Å². The first-order valence-electron chi connectivity index (χ1n) is 14.3. The number of hydrogen-bond acceptors (Lipinski definition) is 6. The highest BCUT2D eigenvalue weighted by Crippen LogP contribution is 2.39. The third kappa shape index (κ3) is 8.18. The van der Waals surface area contributed by atoms with Gasteiger partial charge in [0.25, 0.3) is 5.91 Å². The van der Waals surface area contributed by atoms with Crippen molar-refractivity contribution in [1.29, 1.82) is 0 Å². The van der Waals surface area contributed by atoms with Crippen molar-refractivity contribution in [3.05, 3.63) is 47.0 Å². The van der Waals surface area contributed by atoms with Gasteiger partial charge in [0.2, 0.25) is 11.9 Å². The van der Waals surface area contributed by atoms with E-state index in [4.69, 9.17) is 10.5 Å². The fourth-order valence-corrected chi connectivity index (χ4v) is 5.14. The maximum atomic E-state index is 13.9. The van der Waals surface area contributed by atoms with Crippen LogP contribution in [-0.4, -0.2) is 47.2 Å². The zero-order chi connectivity index (χ0) is 33.3. The summed E-state index contributed by atoms with van der Waals surface area (Å²) >= 11 is 0. The van der Waals surface area contributed by atoms with Crippen LogP contribution in [0, 0.1) is 11.3 Å². The summed E-state index contributed by atoms with van der Waals surface area (Å²) in [4.78, 5) is 32.7. The normalized spacial score (nSPS) is 18.4. The Hall–Kier alpha value is -4.01. The van der Waals surface area contributed by atoms with Crippen LogP contribution in [0.3, 0.4) is 0 Å². The summed E-state index contributed by atoms with van der Waals surface area (Å²) in [6, 6.07) is 4.96. The number of halogens is 6. The van der Waals surface area contributed by atoms with Gasteiger partial charge < -0.3 is 31.4 Å². The van der Waals surface area contributed by atoms with Gasteiger partial charge in [-0.25, -0.2) is 4.98 Å². The van der Waals surface area contributed by atoms with Gasteiger partial charge in [0.05, 0.1) is 46.9 Å². The second-order valence-electron chi connectivity index (χ2n) is 12.3. The van der Waals surface area contributed by atoms with E-state index in [1.807, 2.05) is 0 Å². The zero-order valence-corrected chi connectivity index (χ0v) is 25.2. The first-order chi connectivity index (χ1) is 20.9.